The molecule has 0 saturated carbocycles. The van der Waals surface area contributed by atoms with Crippen molar-refractivity contribution in [2.75, 3.05) is 0 Å². The summed E-state index contributed by atoms with van der Waals surface area (Å²) < 4.78 is 6.60. The molecule has 2 heterocycles. The highest BCUT2D eigenvalue weighted by Gasteiger charge is 2.27. The molecule has 30 heavy (non-hydrogen) atoms. The van der Waals surface area contributed by atoms with Gasteiger partial charge >= 0.3 is 5.69 Å². The van der Waals surface area contributed by atoms with Crippen molar-refractivity contribution < 1.29 is 4.74 Å². The third-order valence-electron chi connectivity index (χ3n) is 4.77. The van der Waals surface area contributed by atoms with Crippen LogP contribution in [0, 0.1) is 11.3 Å². The van der Waals surface area contributed by atoms with Gasteiger partial charge in [-0.2, -0.15) is 9.94 Å². The lowest BCUT2D eigenvalue weighted by Gasteiger charge is -2.13. The van der Waals surface area contributed by atoms with Crippen molar-refractivity contribution in [3.8, 4) is 23.4 Å². The highest BCUT2D eigenvalue weighted by Crippen LogP contribution is 2.41. The fourth-order valence-electron chi connectivity index (χ4n) is 3.35. The molecule has 4 rings (SSSR count). The first-order chi connectivity index (χ1) is 14.3. The van der Waals surface area contributed by atoms with Gasteiger partial charge in [0.2, 0.25) is 11.6 Å². The largest absolute Gasteiger partial charge is 0.434 e. The molecule has 0 unspecified atom stereocenters. The van der Waals surface area contributed by atoms with Crippen LogP contribution in [-0.2, 0) is 6.42 Å². The molecule has 2 aromatic heterocycles. The van der Waals surface area contributed by atoms with Gasteiger partial charge in [-0.3, -0.25) is 14.6 Å². The number of benzene rings is 1. The van der Waals surface area contributed by atoms with Gasteiger partial charge in [0.05, 0.1) is 15.7 Å². The van der Waals surface area contributed by atoms with Crippen molar-refractivity contribution in [3.05, 3.63) is 70.2 Å². The summed E-state index contributed by atoms with van der Waals surface area (Å²) in [5, 5.41) is 19.1. The fourth-order valence-corrected chi connectivity index (χ4v) is 3.90. The van der Waals surface area contributed by atoms with E-state index in [4.69, 9.17) is 33.2 Å². The van der Waals surface area contributed by atoms with Crippen molar-refractivity contribution in [1.29, 1.82) is 5.26 Å². The zero-order valence-electron chi connectivity index (χ0n) is 15.3. The minimum absolute atomic E-state index is 0.0312. The van der Waals surface area contributed by atoms with E-state index in [1.54, 1.807) is 6.07 Å². The number of nitrogens with zero attached hydrogens (tertiary/aromatic N) is 4. The van der Waals surface area contributed by atoms with E-state index in [2.05, 4.69) is 15.3 Å². The van der Waals surface area contributed by atoms with E-state index >= 15 is 0 Å². The number of nitrogens with one attached hydrogen (secondary N) is 2. The van der Waals surface area contributed by atoms with E-state index in [0.717, 1.165) is 11.1 Å². The van der Waals surface area contributed by atoms with Gasteiger partial charge in [-0.1, -0.05) is 30.1 Å². The first-order valence-electron chi connectivity index (χ1n) is 8.72. The summed E-state index contributed by atoms with van der Waals surface area (Å²) in [6.45, 7) is 1.95. The molecule has 152 valence electrons. The average molecular weight is 447 g/mol. The maximum atomic E-state index is 12.1. The molecule has 3 aromatic rings. The van der Waals surface area contributed by atoms with Crippen LogP contribution in [0.25, 0.3) is 5.69 Å². The quantitative estimate of drug-likeness (QED) is 0.625. The van der Waals surface area contributed by atoms with Gasteiger partial charge in [0.25, 0.3) is 11.1 Å². The summed E-state index contributed by atoms with van der Waals surface area (Å²) in [5.74, 6) is 0.341. The first-order valence-corrected chi connectivity index (χ1v) is 9.48. The zero-order chi connectivity index (χ0) is 21.6. The van der Waals surface area contributed by atoms with E-state index < -0.39 is 16.9 Å². The highest BCUT2D eigenvalue weighted by molar-refractivity contribution is 6.37. The molecule has 1 aliphatic rings. The molecule has 10 nitrogen and oxygen atoms in total. The molecule has 1 atom stereocenters. The van der Waals surface area contributed by atoms with Gasteiger partial charge in [-0.05, 0) is 30.9 Å². The van der Waals surface area contributed by atoms with E-state index in [9.17, 15) is 14.4 Å². The van der Waals surface area contributed by atoms with Gasteiger partial charge in [-0.15, -0.1) is 10.2 Å². The maximum Gasteiger partial charge on any atom is 0.349 e. The Kier molecular flexibility index (Phi) is 4.93. The topological polar surface area (TPSA) is 147 Å². The lowest BCUT2D eigenvalue weighted by atomic mass is 10.1. The highest BCUT2D eigenvalue weighted by atomic mass is 35.5. The number of hydrogen-bond donors (Lipinski definition) is 2. The number of fused-ring (bicyclic) bond motifs is 1. The average Bonchev–Trinajstić information content (AvgIpc) is 3.09. The van der Waals surface area contributed by atoms with Crippen molar-refractivity contribution in [3.63, 3.8) is 0 Å². The summed E-state index contributed by atoms with van der Waals surface area (Å²) in [6, 6.07) is 4.27. The van der Waals surface area contributed by atoms with E-state index in [1.807, 2.05) is 11.9 Å². The van der Waals surface area contributed by atoms with Gasteiger partial charge in [0, 0.05) is 11.1 Å². The Morgan fingerprint density at radius 1 is 1.23 bits per heavy atom. The molecule has 0 bridgehead atoms. The molecule has 1 aromatic carbocycles. The summed E-state index contributed by atoms with van der Waals surface area (Å²) in [6.07, 6.45) is 1.42. The Morgan fingerprint density at radius 3 is 2.60 bits per heavy atom. The molecular formula is C18H12Cl2N6O4. The fraction of sp³-hybridized carbons (Fsp3) is 0.222. The predicted molar refractivity (Wildman–Crippen MR) is 107 cm³/mol. The lowest BCUT2D eigenvalue weighted by molar-refractivity contribution is 0.448. The second kappa shape index (κ2) is 7.44. The molecule has 0 saturated heterocycles. The van der Waals surface area contributed by atoms with Gasteiger partial charge in [0.15, 0.2) is 5.75 Å². The van der Waals surface area contributed by atoms with Crippen LogP contribution in [0.2, 0.25) is 10.0 Å². The molecule has 0 aliphatic heterocycles. The van der Waals surface area contributed by atoms with Crippen LogP contribution in [0.5, 0.6) is 11.6 Å². The number of hydrogen-bond acceptors (Lipinski definition) is 7. The number of nitriles is 1. The Bertz CT molecular complexity index is 1380. The number of H-pyrrole nitrogens is 2. The molecule has 0 amide bonds. The van der Waals surface area contributed by atoms with Crippen LogP contribution in [0.1, 0.15) is 36.1 Å². The summed E-state index contributed by atoms with van der Waals surface area (Å²) in [7, 11) is 0. The molecule has 1 aliphatic carbocycles. The van der Waals surface area contributed by atoms with Crippen LogP contribution in [0.15, 0.2) is 26.5 Å². The predicted octanol–water partition coefficient (Wildman–Crippen LogP) is 2.02. The van der Waals surface area contributed by atoms with E-state index in [-0.39, 0.29) is 38.8 Å². The first kappa shape index (κ1) is 19.9. The zero-order valence-corrected chi connectivity index (χ0v) is 16.8. The summed E-state index contributed by atoms with van der Waals surface area (Å²) in [5.41, 5.74) is -1.09. The Hall–Kier alpha value is -3.42. The molecule has 0 spiro atoms. The minimum Gasteiger partial charge on any atom is -0.434 e. The van der Waals surface area contributed by atoms with Crippen molar-refractivity contribution in [2.24, 2.45) is 0 Å². The van der Waals surface area contributed by atoms with Gasteiger partial charge in [-0.25, -0.2) is 9.89 Å². The Morgan fingerprint density at radius 2 is 1.93 bits per heavy atom. The normalized spacial score (nSPS) is 14.9. The van der Waals surface area contributed by atoms with Crippen LogP contribution in [0.4, 0.5) is 0 Å². The number of rotatable bonds is 3. The standard InChI is InChI=1S/C18H12Cl2N6O4/c1-7-2-3-9-13(7)16(28)23-24-17(9)30-14-10(19)4-8(5-11(14)20)26-18(29)22-15(27)12(6-21)25-26/h4-5,7H,2-3H2,1H3,(H,23,28)(H,22,27,29)/t7-/m0/s1. The second-order valence-electron chi connectivity index (χ2n) is 6.66. The van der Waals surface area contributed by atoms with Crippen molar-refractivity contribution >= 4 is 23.2 Å². The Labute approximate surface area is 177 Å². The van der Waals surface area contributed by atoms with Crippen LogP contribution < -0.4 is 21.5 Å². The lowest BCUT2D eigenvalue weighted by Crippen LogP contribution is -2.33. The SMILES string of the molecule is C[C@H]1CCc2c(Oc3c(Cl)cc(-n4nc(C#N)c(=O)[nH]c4=O)cc3Cl)n[nH]c(=O)c21. The number of halogens is 2. The summed E-state index contributed by atoms with van der Waals surface area (Å²) >= 11 is 12.6. The molecule has 0 radical (unpaired) electrons. The van der Waals surface area contributed by atoms with Crippen LogP contribution in [-0.4, -0.2) is 25.0 Å². The van der Waals surface area contributed by atoms with Crippen LogP contribution >= 0.6 is 23.2 Å². The van der Waals surface area contributed by atoms with Crippen LogP contribution in [0.3, 0.4) is 0 Å². The van der Waals surface area contributed by atoms with E-state index in [1.165, 1.54) is 12.1 Å². The monoisotopic (exact) mass is 446 g/mol. The number of aromatic nitrogens is 5. The van der Waals surface area contributed by atoms with E-state index in [0.29, 0.717) is 17.5 Å². The second-order valence-corrected chi connectivity index (χ2v) is 7.48. The van der Waals surface area contributed by atoms with Gasteiger partial charge < -0.3 is 4.74 Å². The van der Waals surface area contributed by atoms with Crippen molar-refractivity contribution in [2.45, 2.75) is 25.7 Å². The summed E-state index contributed by atoms with van der Waals surface area (Å²) in [4.78, 5) is 37.6. The smallest absolute Gasteiger partial charge is 0.349 e. The third-order valence-corrected chi connectivity index (χ3v) is 5.33. The van der Waals surface area contributed by atoms with Crippen molar-refractivity contribution in [1.82, 2.24) is 25.0 Å². The van der Waals surface area contributed by atoms with Gasteiger partial charge in [0.1, 0.15) is 6.07 Å². The third kappa shape index (κ3) is 3.28. The molecule has 0 fully saturated rings. The molecular weight excluding hydrogens is 435 g/mol. The number of ether oxygens (including phenoxy) is 1. The minimum atomic E-state index is -0.900. The Balaban J connectivity index is 1.78. The number of aromatic amines is 2. The maximum absolute atomic E-state index is 12.1. The molecule has 2 N–H and O–H groups in total. The molecule has 12 heteroatoms.